The summed E-state index contributed by atoms with van der Waals surface area (Å²) in [6.07, 6.45) is -0.165. The number of carbonyl (C=O) groups excluding carboxylic acids is 3. The van der Waals surface area contributed by atoms with Gasteiger partial charge in [-0.05, 0) is 36.4 Å². The number of carbonyl (C=O) groups is 3. The first-order chi connectivity index (χ1) is 14.5. The van der Waals surface area contributed by atoms with Crippen molar-refractivity contribution < 1.29 is 28.6 Å². The molecule has 9 nitrogen and oxygen atoms in total. The molecule has 9 heteroatoms. The van der Waals surface area contributed by atoms with Gasteiger partial charge in [0.15, 0.2) is 11.5 Å². The van der Waals surface area contributed by atoms with Crippen molar-refractivity contribution in [3.05, 3.63) is 48.0 Å². The van der Waals surface area contributed by atoms with Crippen LogP contribution < -0.4 is 24.8 Å². The molecule has 30 heavy (non-hydrogen) atoms. The van der Waals surface area contributed by atoms with E-state index >= 15 is 0 Å². The molecule has 2 aromatic carbocycles. The van der Waals surface area contributed by atoms with E-state index in [0.29, 0.717) is 41.6 Å². The molecule has 0 spiro atoms. The van der Waals surface area contributed by atoms with E-state index in [1.54, 1.807) is 49.6 Å². The Kier molecular flexibility index (Phi) is 5.42. The van der Waals surface area contributed by atoms with Crippen LogP contribution in [-0.4, -0.2) is 55.7 Å². The predicted octanol–water partition coefficient (Wildman–Crippen LogP) is 1.39. The molecule has 0 radical (unpaired) electrons. The number of rotatable bonds is 5. The Morgan fingerprint density at radius 2 is 1.93 bits per heavy atom. The van der Waals surface area contributed by atoms with Crippen LogP contribution in [0.4, 0.5) is 5.69 Å². The molecule has 2 N–H and O–H groups in total. The van der Waals surface area contributed by atoms with Crippen molar-refractivity contribution in [3.8, 4) is 17.2 Å². The zero-order chi connectivity index (χ0) is 21.1. The number of hydrogen-bond donors (Lipinski definition) is 2. The topological polar surface area (TPSA) is 106 Å². The van der Waals surface area contributed by atoms with Crippen LogP contribution in [0.3, 0.4) is 0 Å². The van der Waals surface area contributed by atoms with E-state index in [4.69, 9.17) is 14.2 Å². The van der Waals surface area contributed by atoms with Gasteiger partial charge in [-0.3, -0.25) is 14.4 Å². The molecule has 1 unspecified atom stereocenters. The van der Waals surface area contributed by atoms with Gasteiger partial charge in [0.25, 0.3) is 5.91 Å². The Balaban J connectivity index is 1.46. The molecule has 156 valence electrons. The predicted molar refractivity (Wildman–Crippen MR) is 107 cm³/mol. The second-order valence-corrected chi connectivity index (χ2v) is 6.85. The number of nitrogens with zero attached hydrogens (tertiary/aromatic N) is 1. The number of piperazine rings is 1. The molecule has 0 saturated carbocycles. The SMILES string of the molecule is COc1ccc(C(=O)N2CCNC(=O)C2CC(=O)Nc2ccc3c(c2)OCO3)cc1. The molecule has 2 aliphatic heterocycles. The normalized spacial score (nSPS) is 17.3. The van der Waals surface area contributed by atoms with Crippen LogP contribution in [0, 0.1) is 0 Å². The maximum absolute atomic E-state index is 13.0. The molecule has 3 amide bonds. The van der Waals surface area contributed by atoms with E-state index in [1.807, 2.05) is 0 Å². The number of methoxy groups -OCH3 is 1. The largest absolute Gasteiger partial charge is 0.497 e. The summed E-state index contributed by atoms with van der Waals surface area (Å²) in [5, 5.41) is 5.47. The van der Waals surface area contributed by atoms with E-state index in [0.717, 1.165) is 0 Å². The Bertz CT molecular complexity index is 975. The summed E-state index contributed by atoms with van der Waals surface area (Å²) in [5.74, 6) is 0.721. The van der Waals surface area contributed by atoms with Gasteiger partial charge in [-0.1, -0.05) is 0 Å². The van der Waals surface area contributed by atoms with Gasteiger partial charge in [0.05, 0.1) is 13.5 Å². The lowest BCUT2D eigenvalue weighted by molar-refractivity contribution is -0.131. The molecular weight excluding hydrogens is 390 g/mol. The van der Waals surface area contributed by atoms with Gasteiger partial charge in [-0.15, -0.1) is 0 Å². The molecule has 2 heterocycles. The van der Waals surface area contributed by atoms with Crippen molar-refractivity contribution in [2.75, 3.05) is 32.3 Å². The fourth-order valence-corrected chi connectivity index (χ4v) is 3.42. The lowest BCUT2D eigenvalue weighted by atomic mass is 10.1. The van der Waals surface area contributed by atoms with Crippen LogP contribution in [-0.2, 0) is 9.59 Å². The van der Waals surface area contributed by atoms with Crippen LogP contribution in [0.25, 0.3) is 0 Å². The van der Waals surface area contributed by atoms with Crippen molar-refractivity contribution in [1.29, 1.82) is 0 Å². The molecule has 1 fully saturated rings. The van der Waals surface area contributed by atoms with E-state index in [2.05, 4.69) is 10.6 Å². The van der Waals surface area contributed by atoms with Crippen LogP contribution in [0.2, 0.25) is 0 Å². The smallest absolute Gasteiger partial charge is 0.254 e. The standard InChI is InChI=1S/C21H21N3O6/c1-28-15-5-2-13(3-6-15)21(27)24-9-8-22-20(26)16(24)11-19(25)23-14-4-7-17-18(10-14)30-12-29-17/h2-7,10,16H,8-9,11-12H2,1H3,(H,22,26)(H,23,25). The van der Waals surface area contributed by atoms with Gasteiger partial charge in [0, 0.05) is 30.4 Å². The van der Waals surface area contributed by atoms with E-state index in [-0.39, 0.29) is 30.9 Å². The zero-order valence-corrected chi connectivity index (χ0v) is 16.3. The molecule has 1 atom stereocenters. The number of ether oxygens (including phenoxy) is 3. The van der Waals surface area contributed by atoms with Gasteiger partial charge in [-0.2, -0.15) is 0 Å². The number of nitrogens with one attached hydrogen (secondary N) is 2. The van der Waals surface area contributed by atoms with Crippen LogP contribution in [0.5, 0.6) is 17.2 Å². The lowest BCUT2D eigenvalue weighted by Crippen LogP contribution is -2.58. The summed E-state index contributed by atoms with van der Waals surface area (Å²) in [7, 11) is 1.54. The monoisotopic (exact) mass is 411 g/mol. The highest BCUT2D eigenvalue weighted by Crippen LogP contribution is 2.34. The summed E-state index contributed by atoms with van der Waals surface area (Å²) in [6, 6.07) is 10.8. The minimum Gasteiger partial charge on any atom is -0.497 e. The van der Waals surface area contributed by atoms with Crippen molar-refractivity contribution in [2.45, 2.75) is 12.5 Å². The first-order valence-electron chi connectivity index (χ1n) is 9.47. The Morgan fingerprint density at radius 1 is 1.17 bits per heavy atom. The van der Waals surface area contributed by atoms with Crippen molar-refractivity contribution in [2.24, 2.45) is 0 Å². The zero-order valence-electron chi connectivity index (χ0n) is 16.3. The van der Waals surface area contributed by atoms with Crippen molar-refractivity contribution >= 4 is 23.4 Å². The van der Waals surface area contributed by atoms with Gasteiger partial charge in [-0.25, -0.2) is 0 Å². The number of hydrogen-bond acceptors (Lipinski definition) is 6. The van der Waals surface area contributed by atoms with Gasteiger partial charge < -0.3 is 29.7 Å². The molecule has 2 aromatic rings. The Labute approximate surface area is 172 Å². The minimum absolute atomic E-state index is 0.136. The summed E-state index contributed by atoms with van der Waals surface area (Å²) in [6.45, 7) is 0.789. The highest BCUT2D eigenvalue weighted by atomic mass is 16.7. The summed E-state index contributed by atoms with van der Waals surface area (Å²) >= 11 is 0. The second-order valence-electron chi connectivity index (χ2n) is 6.85. The molecular formula is C21H21N3O6. The number of fused-ring (bicyclic) bond motifs is 1. The third-order valence-corrected chi connectivity index (χ3v) is 4.96. The molecule has 0 aromatic heterocycles. The van der Waals surface area contributed by atoms with Gasteiger partial charge in [0.2, 0.25) is 18.6 Å². The van der Waals surface area contributed by atoms with Crippen LogP contribution >= 0.6 is 0 Å². The summed E-state index contributed by atoms with van der Waals surface area (Å²) in [4.78, 5) is 39.4. The number of amides is 3. The fourth-order valence-electron chi connectivity index (χ4n) is 3.42. The van der Waals surface area contributed by atoms with E-state index in [9.17, 15) is 14.4 Å². The van der Waals surface area contributed by atoms with Gasteiger partial charge >= 0.3 is 0 Å². The first kappa shape index (κ1) is 19.6. The number of benzene rings is 2. The summed E-state index contributed by atoms with van der Waals surface area (Å²) < 4.78 is 15.7. The fraction of sp³-hybridized carbons (Fsp3) is 0.286. The van der Waals surface area contributed by atoms with Gasteiger partial charge in [0.1, 0.15) is 11.8 Å². The molecule has 0 aliphatic carbocycles. The molecule has 0 bridgehead atoms. The first-order valence-corrected chi connectivity index (χ1v) is 9.47. The third kappa shape index (κ3) is 4.00. The highest BCUT2D eigenvalue weighted by molar-refractivity contribution is 6.01. The molecule has 2 aliphatic rings. The van der Waals surface area contributed by atoms with E-state index in [1.165, 1.54) is 4.90 Å². The van der Waals surface area contributed by atoms with Crippen LogP contribution in [0.15, 0.2) is 42.5 Å². The third-order valence-electron chi connectivity index (χ3n) is 4.96. The van der Waals surface area contributed by atoms with Crippen LogP contribution in [0.1, 0.15) is 16.8 Å². The average Bonchev–Trinajstić information content (AvgIpc) is 3.22. The van der Waals surface area contributed by atoms with Crippen molar-refractivity contribution in [1.82, 2.24) is 10.2 Å². The summed E-state index contributed by atoms with van der Waals surface area (Å²) in [5.41, 5.74) is 0.945. The van der Waals surface area contributed by atoms with Crippen molar-refractivity contribution in [3.63, 3.8) is 0 Å². The maximum atomic E-state index is 13.0. The molecule has 4 rings (SSSR count). The Morgan fingerprint density at radius 3 is 2.70 bits per heavy atom. The lowest BCUT2D eigenvalue weighted by Gasteiger charge is -2.34. The minimum atomic E-state index is -0.901. The molecule has 1 saturated heterocycles. The maximum Gasteiger partial charge on any atom is 0.254 e. The quantitative estimate of drug-likeness (QED) is 0.770. The number of anilines is 1. The second kappa shape index (κ2) is 8.32. The van der Waals surface area contributed by atoms with E-state index < -0.39 is 6.04 Å². The average molecular weight is 411 g/mol. The Hall–Kier alpha value is -3.75. The highest BCUT2D eigenvalue weighted by Gasteiger charge is 2.35.